The maximum atomic E-state index is 14.0. The van der Waals surface area contributed by atoms with Gasteiger partial charge in [0.2, 0.25) is 17.1 Å². The molecular weight excluding hydrogens is 617 g/mol. The average molecular weight is 643 g/mol. The first-order valence-electron chi connectivity index (χ1n) is 14.8. The van der Waals surface area contributed by atoms with Gasteiger partial charge in [-0.1, -0.05) is 42.5 Å². The van der Waals surface area contributed by atoms with Crippen molar-refractivity contribution in [3.05, 3.63) is 169 Å². The van der Waals surface area contributed by atoms with Crippen LogP contribution >= 0.6 is 0 Å². The normalized spacial score (nSPS) is 15.5. The fourth-order valence-corrected chi connectivity index (χ4v) is 5.36. The van der Waals surface area contributed by atoms with Crippen molar-refractivity contribution >= 4 is 24.3 Å². The molecule has 1 N–H and O–H groups in total. The summed E-state index contributed by atoms with van der Waals surface area (Å²) in [4.78, 5) is 27.1. The van der Waals surface area contributed by atoms with E-state index in [-0.39, 0.29) is 5.78 Å². The van der Waals surface area contributed by atoms with Gasteiger partial charge >= 0.3 is 7.25 Å². The zero-order chi connectivity index (χ0) is 33.5. The van der Waals surface area contributed by atoms with E-state index in [1.807, 2.05) is 97.2 Å². The molecule has 2 aliphatic rings. The second-order valence-corrected chi connectivity index (χ2v) is 10.5. The summed E-state index contributed by atoms with van der Waals surface area (Å²) in [6, 6.07) is 28.4. The SMILES string of the molecule is F[B-](F)(F)F.O=C1C(c2ccccn2)=CC([n+]2c(-c3ccncc3)cc(-c3ccccc3)cc2-c2ccncc2)=C/C1=C1\C=CC=CN1. The van der Waals surface area contributed by atoms with E-state index in [4.69, 9.17) is 0 Å². The number of hydrogen-bond acceptors (Lipinski definition) is 5. The van der Waals surface area contributed by atoms with E-state index < -0.39 is 7.25 Å². The number of aromatic nitrogens is 4. The Hall–Kier alpha value is -6.23. The lowest BCUT2D eigenvalue weighted by atomic mass is 9.91. The van der Waals surface area contributed by atoms with Gasteiger partial charge in [-0.05, 0) is 59.7 Å². The Kier molecular flexibility index (Phi) is 9.29. The van der Waals surface area contributed by atoms with Gasteiger partial charge in [-0.15, -0.1) is 0 Å². The van der Waals surface area contributed by atoms with Crippen LogP contribution in [0.1, 0.15) is 5.69 Å². The molecule has 0 saturated carbocycles. The first kappa shape index (κ1) is 31.7. The van der Waals surface area contributed by atoms with Crippen molar-refractivity contribution in [1.29, 1.82) is 0 Å². The second-order valence-electron chi connectivity index (χ2n) is 10.5. The fourth-order valence-electron chi connectivity index (χ4n) is 5.36. The molecule has 0 spiro atoms. The van der Waals surface area contributed by atoms with Crippen molar-refractivity contribution in [2.75, 3.05) is 0 Å². The number of carbonyl (C=O) groups excluding carboxylic acids is 1. The number of benzene rings is 1. The highest BCUT2D eigenvalue weighted by molar-refractivity contribution is 6.50. The standard InChI is InChI=1S/C37H25N5O.BF4/c43-37-31(33-10-4-6-16-40-33)24-30(25-32(37)34-11-5-7-17-41-34)42-35(27-12-18-38-19-13-27)22-29(26-8-2-1-3-9-26)23-36(42)28-14-20-39-21-15-28;2-1(3,4)5/h1-25H;/q;-1/p+1. The molecule has 236 valence electrons. The number of hydrogen-bond donors (Lipinski definition) is 1. The molecule has 0 fully saturated rings. The topological polar surface area (TPSA) is 71.7 Å². The molecular formula is C37H26BF4N5O. The van der Waals surface area contributed by atoms with Crippen LogP contribution in [0.3, 0.4) is 0 Å². The highest BCUT2D eigenvalue weighted by Gasteiger charge is 2.32. The largest absolute Gasteiger partial charge is 0.673 e. The van der Waals surface area contributed by atoms with Gasteiger partial charge < -0.3 is 22.6 Å². The Morgan fingerprint density at radius 2 is 1.25 bits per heavy atom. The van der Waals surface area contributed by atoms with E-state index in [1.165, 1.54) is 0 Å². The third-order valence-electron chi connectivity index (χ3n) is 7.40. The molecule has 0 atom stereocenters. The lowest BCUT2D eigenvalue weighted by Crippen LogP contribution is -2.39. The van der Waals surface area contributed by atoms with Crippen molar-refractivity contribution in [3.63, 3.8) is 0 Å². The molecule has 0 saturated heterocycles. The first-order valence-corrected chi connectivity index (χ1v) is 14.8. The van der Waals surface area contributed by atoms with E-state index in [1.54, 1.807) is 31.0 Å². The average Bonchev–Trinajstić information content (AvgIpc) is 3.12. The second kappa shape index (κ2) is 14.0. The number of nitrogens with zero attached hydrogens (tertiary/aromatic N) is 4. The zero-order valence-corrected chi connectivity index (χ0v) is 25.2. The van der Waals surface area contributed by atoms with Gasteiger partial charge in [0.05, 0.1) is 16.8 Å². The number of carbonyl (C=O) groups is 1. The lowest BCUT2D eigenvalue weighted by Gasteiger charge is -2.19. The third-order valence-corrected chi connectivity index (χ3v) is 7.40. The van der Waals surface area contributed by atoms with Crippen LogP contribution in [0.4, 0.5) is 17.3 Å². The Morgan fingerprint density at radius 1 is 0.646 bits per heavy atom. The molecule has 7 rings (SSSR count). The number of ketones is 1. The van der Waals surface area contributed by atoms with E-state index in [0.717, 1.165) is 45.0 Å². The molecule has 0 bridgehead atoms. The van der Waals surface area contributed by atoms with E-state index in [2.05, 4.69) is 49.1 Å². The third kappa shape index (κ3) is 7.42. The van der Waals surface area contributed by atoms with E-state index in [9.17, 15) is 22.1 Å². The summed E-state index contributed by atoms with van der Waals surface area (Å²) in [6.45, 7) is 0. The number of allylic oxidation sites excluding steroid dienone is 8. The number of nitrogens with one attached hydrogen (secondary N) is 1. The van der Waals surface area contributed by atoms with Gasteiger partial charge in [-0.2, -0.15) is 4.57 Å². The molecule has 5 aromatic rings. The molecule has 0 radical (unpaired) electrons. The zero-order valence-electron chi connectivity index (χ0n) is 25.2. The van der Waals surface area contributed by atoms with Crippen LogP contribution in [0.25, 0.3) is 44.9 Å². The number of pyridine rings is 4. The quantitative estimate of drug-likeness (QED) is 0.0913. The molecule has 6 nitrogen and oxygen atoms in total. The maximum absolute atomic E-state index is 14.0. The van der Waals surface area contributed by atoms with Crippen molar-refractivity contribution < 1.29 is 26.6 Å². The Labute approximate surface area is 274 Å². The highest BCUT2D eigenvalue weighted by atomic mass is 19.5. The van der Waals surface area contributed by atoms with Gasteiger partial charge in [-0.25, -0.2) is 0 Å². The molecule has 1 aliphatic carbocycles. The first-order chi connectivity index (χ1) is 23.3. The van der Waals surface area contributed by atoms with Crippen molar-refractivity contribution in [3.8, 4) is 33.6 Å². The summed E-state index contributed by atoms with van der Waals surface area (Å²) < 4.78 is 41.2. The van der Waals surface area contributed by atoms with E-state index in [0.29, 0.717) is 16.8 Å². The lowest BCUT2D eigenvalue weighted by molar-refractivity contribution is -0.554. The van der Waals surface area contributed by atoms with Crippen LogP contribution < -0.4 is 9.88 Å². The summed E-state index contributed by atoms with van der Waals surface area (Å²) in [6.07, 6.45) is 20.4. The molecule has 4 aromatic heterocycles. The minimum Gasteiger partial charge on any atom is -0.418 e. The minimum absolute atomic E-state index is 0.0951. The predicted molar refractivity (Wildman–Crippen MR) is 179 cm³/mol. The predicted octanol–water partition coefficient (Wildman–Crippen LogP) is 7.89. The number of halogens is 4. The Balaban J connectivity index is 0.000000749. The monoisotopic (exact) mass is 643 g/mol. The highest BCUT2D eigenvalue weighted by Crippen LogP contribution is 2.34. The van der Waals surface area contributed by atoms with Gasteiger partial charge in [0.1, 0.15) is 0 Å². The summed E-state index contributed by atoms with van der Waals surface area (Å²) in [5.41, 5.74) is 9.28. The number of Topliss-reactive ketones (excluding diaryl/α,β-unsaturated/α-hetero) is 1. The van der Waals surface area contributed by atoms with Crippen LogP contribution in [0.2, 0.25) is 0 Å². The molecule has 1 aliphatic heterocycles. The molecule has 5 heterocycles. The molecule has 11 heteroatoms. The van der Waals surface area contributed by atoms with Gasteiger partial charge in [-0.3, -0.25) is 19.7 Å². The molecule has 48 heavy (non-hydrogen) atoms. The van der Waals surface area contributed by atoms with Gasteiger partial charge in [0.25, 0.3) is 0 Å². The van der Waals surface area contributed by atoms with Crippen molar-refractivity contribution in [1.82, 2.24) is 20.3 Å². The van der Waals surface area contributed by atoms with Crippen LogP contribution in [-0.2, 0) is 4.79 Å². The summed E-state index contributed by atoms with van der Waals surface area (Å²) >= 11 is 0. The van der Waals surface area contributed by atoms with Crippen molar-refractivity contribution in [2.24, 2.45) is 0 Å². The Bertz CT molecular complexity index is 2030. The Morgan fingerprint density at radius 3 is 1.79 bits per heavy atom. The number of dihydropyridines is 1. The van der Waals surface area contributed by atoms with Crippen LogP contribution in [0.5, 0.6) is 0 Å². The van der Waals surface area contributed by atoms with Crippen LogP contribution in [-0.4, -0.2) is 28.0 Å². The maximum Gasteiger partial charge on any atom is 0.673 e. The minimum atomic E-state index is -6.00. The van der Waals surface area contributed by atoms with Crippen LogP contribution in [0.15, 0.2) is 164 Å². The van der Waals surface area contributed by atoms with E-state index >= 15 is 0 Å². The van der Waals surface area contributed by atoms with Crippen LogP contribution in [0, 0.1) is 0 Å². The molecule has 1 aromatic carbocycles. The fraction of sp³-hybridized carbons (Fsp3) is 0. The summed E-state index contributed by atoms with van der Waals surface area (Å²) in [5, 5.41) is 3.26. The number of rotatable bonds is 5. The van der Waals surface area contributed by atoms with Gasteiger partial charge in [0.15, 0.2) is 5.78 Å². The summed E-state index contributed by atoms with van der Waals surface area (Å²) in [5.74, 6) is -0.0951. The molecule has 0 unspecified atom stereocenters. The van der Waals surface area contributed by atoms with Crippen molar-refractivity contribution in [2.45, 2.75) is 0 Å². The molecule has 0 amide bonds. The summed E-state index contributed by atoms with van der Waals surface area (Å²) in [7, 11) is -6.00. The smallest absolute Gasteiger partial charge is 0.418 e. The van der Waals surface area contributed by atoms with Gasteiger partial charge in [0, 0.05) is 78.3 Å².